The second-order valence-electron chi connectivity index (χ2n) is 23.7. The van der Waals surface area contributed by atoms with Gasteiger partial charge in [0, 0.05) is 43.6 Å². The quantitative estimate of drug-likeness (QED) is 0.00641. The summed E-state index contributed by atoms with van der Waals surface area (Å²) in [6, 6.07) is 2.88. The number of aliphatic hydroxyl groups excluding tert-OH is 2. The third kappa shape index (κ3) is 27.6. The Hall–Kier alpha value is -5.52. The van der Waals surface area contributed by atoms with E-state index in [0.29, 0.717) is 48.7 Å². The number of rotatable bonds is 41. The number of anilines is 1. The van der Waals surface area contributed by atoms with E-state index in [9.17, 15) is 97.7 Å². The number of benzene rings is 1. The number of hydroxylamine groups is 4. The number of phosphoric acid groups is 3. The molecular formula is C56H83FeN12O27P3S. The van der Waals surface area contributed by atoms with E-state index in [0.717, 1.165) is 35.4 Å². The first-order valence-electron chi connectivity index (χ1n) is 31.4. The number of allylic oxidation sites excluding steroid dienone is 1. The second-order valence-corrected chi connectivity index (χ2v) is 29.1. The third-order valence-electron chi connectivity index (χ3n) is 15.4. The summed E-state index contributed by atoms with van der Waals surface area (Å²) in [5, 5.41) is 84.8. The van der Waals surface area contributed by atoms with Crippen LogP contribution in [0, 0.1) is 15.8 Å². The number of aliphatic hydroxyl groups is 2. The summed E-state index contributed by atoms with van der Waals surface area (Å²) >= 11 is 1.01. The molecular weight excluding hydrogens is 1450 g/mol. The molecule has 3 aliphatic rings. The van der Waals surface area contributed by atoms with Crippen molar-refractivity contribution in [3.8, 4) is 5.75 Å². The molecule has 0 spiro atoms. The number of hydrogen-bond acceptors (Lipinski definition) is 30. The SMILES string of the molecule is CC(C)(COP(=O)(O)OP(=O)(O)OCC1OC(n2cnc3c(N)ncnc32)C(O)C1OP(=O)(O)O)C(O)C(=O)NCCC(=O)NCCSC(=O)CCCCCC/C=C\C([O-])N([O-])CCCCC(NC(=O)C1COC(c2ccccc2[O-])N1)C(=O)OCCC(=O)NC1CCCCN([O-])C1=O.[Fe+4]. The van der Waals surface area contributed by atoms with E-state index in [4.69, 9.17) is 29.0 Å². The first-order chi connectivity index (χ1) is 46.7. The number of nitrogens with two attached hydrogens (primary N) is 1. The number of aromatic nitrogens is 4. The van der Waals surface area contributed by atoms with Gasteiger partial charge in [0.2, 0.25) is 29.5 Å². The number of esters is 1. The van der Waals surface area contributed by atoms with Crippen molar-refractivity contribution in [3.05, 3.63) is 65.1 Å². The summed E-state index contributed by atoms with van der Waals surface area (Å²) < 4.78 is 73.6. The zero-order valence-corrected chi connectivity index (χ0v) is 58.9. The fourth-order valence-corrected chi connectivity index (χ4v) is 13.6. The second kappa shape index (κ2) is 40.5. The van der Waals surface area contributed by atoms with Crippen molar-refractivity contribution in [2.24, 2.45) is 5.41 Å². The van der Waals surface area contributed by atoms with Crippen LogP contribution < -0.4 is 42.5 Å². The maximum absolute atomic E-state index is 13.4. The number of phosphoric ester groups is 3. The molecule has 44 heteroatoms. The minimum absolute atomic E-state index is 0. The van der Waals surface area contributed by atoms with Crippen molar-refractivity contribution in [3.63, 3.8) is 0 Å². The molecule has 5 heterocycles. The normalized spacial score (nSPS) is 21.9. The fourth-order valence-electron chi connectivity index (χ4n) is 10.1. The first-order valence-corrected chi connectivity index (χ1v) is 36.9. The predicted molar refractivity (Wildman–Crippen MR) is 342 cm³/mol. The van der Waals surface area contributed by atoms with Gasteiger partial charge in [0.1, 0.15) is 67.2 Å². The van der Waals surface area contributed by atoms with Crippen molar-refractivity contribution in [1.29, 1.82) is 0 Å². The van der Waals surface area contributed by atoms with Crippen LogP contribution in [0.1, 0.15) is 122 Å². The van der Waals surface area contributed by atoms with Crippen LogP contribution in [0.3, 0.4) is 0 Å². The number of nitrogens with one attached hydrogen (secondary N) is 5. The monoisotopic (exact) mass is 1540 g/mol. The molecule has 0 saturated carbocycles. The molecule has 0 bridgehead atoms. The van der Waals surface area contributed by atoms with Crippen LogP contribution in [0.5, 0.6) is 5.75 Å². The van der Waals surface area contributed by atoms with E-state index in [1.807, 2.05) is 0 Å². The van der Waals surface area contributed by atoms with E-state index >= 15 is 0 Å². The van der Waals surface area contributed by atoms with E-state index in [2.05, 4.69) is 50.4 Å². The third-order valence-corrected chi connectivity index (χ3v) is 19.5. The van der Waals surface area contributed by atoms with Gasteiger partial charge in [-0.15, -0.1) is 5.75 Å². The van der Waals surface area contributed by atoms with Crippen LogP contribution in [0.2, 0.25) is 0 Å². The number of nitrogens with zero attached hydrogens (tertiary/aromatic N) is 6. The van der Waals surface area contributed by atoms with E-state index < -0.39 is 145 Å². The number of fused-ring (bicyclic) bond motifs is 1. The smallest absolute Gasteiger partial charge is 0.872 e. The molecule has 5 amide bonds. The molecule has 3 fully saturated rings. The first kappa shape index (κ1) is 85.1. The minimum atomic E-state index is -5.64. The summed E-state index contributed by atoms with van der Waals surface area (Å²) in [4.78, 5) is 141. The number of nitrogen functional groups attached to an aromatic ring is 1. The van der Waals surface area contributed by atoms with Gasteiger partial charge in [-0.3, -0.25) is 52.2 Å². The van der Waals surface area contributed by atoms with Crippen LogP contribution in [0.4, 0.5) is 5.82 Å². The number of para-hydroxylation sites is 1. The largest absolute Gasteiger partial charge is 4.00 e. The number of carbonyl (C=O) groups excluding carboxylic acids is 7. The van der Waals surface area contributed by atoms with Crippen LogP contribution in [-0.2, 0) is 96.4 Å². The standard InChI is InChI=1S/C56H84N12O27P3S.Fe/c1-56(2,31-92-98(87,88)95-97(85,86)91-30-39-46(94-96(82,83)84)45(74)54(93-39)66-33-62-44-48(57)60-32-61-49(44)66)47(75)51(77)59-23-21-40(70)58-24-28-99-43(73)20-8-6-4-3-5-7-19-42(72)67(80)25-13-12-17-36(64-50(76)37-29-90-52(65-37)34-15-9-10-18-38(34)69)55(79)89-27-22-41(71)63-35-16-11-14-26-68(81)53(35)78;/h7,9-10,15,18-19,32-33,35-37,39,42,45-47,52,54,65,69,74-75H,3-6,8,11-14,16-17,20-31H2,1-2H3,(H,58,70)(H,59,77)(H,63,71)(H,64,76)(H,85,86)(H,87,88)(H2,57,60,61)(H2,82,83,84);/q-3;+4/p-1/b19-7-;. The Kier molecular flexibility index (Phi) is 34.5. The zero-order chi connectivity index (χ0) is 72.7. The minimum Gasteiger partial charge on any atom is -0.872 e. The van der Waals surface area contributed by atoms with Gasteiger partial charge in [-0.05, 0) is 69.9 Å². The van der Waals surface area contributed by atoms with Gasteiger partial charge in [-0.25, -0.2) is 33.4 Å². The average molecular weight is 1540 g/mol. The maximum Gasteiger partial charge on any atom is 4.00 e. The Balaban J connectivity index is 0.0000180. The van der Waals surface area contributed by atoms with Gasteiger partial charge >= 0.3 is 46.5 Å². The van der Waals surface area contributed by atoms with Gasteiger partial charge in [0.25, 0.3) is 0 Å². The summed E-state index contributed by atoms with van der Waals surface area (Å²) in [5.74, 6) is -4.60. The molecule has 100 heavy (non-hydrogen) atoms. The predicted octanol–water partition coefficient (Wildman–Crippen LogP) is -0.610. The van der Waals surface area contributed by atoms with Crippen molar-refractivity contribution >= 4 is 92.8 Å². The Morgan fingerprint density at radius 1 is 0.950 bits per heavy atom. The molecule has 13 N–H and O–H groups in total. The van der Waals surface area contributed by atoms with Crippen molar-refractivity contribution in [2.75, 3.05) is 64.1 Å². The van der Waals surface area contributed by atoms with Crippen molar-refractivity contribution in [1.82, 2.24) is 56.2 Å². The summed E-state index contributed by atoms with van der Waals surface area (Å²) in [6.07, 6.45) is -2.30. The number of hydrogen-bond donors (Lipinski definition) is 12. The molecule has 3 saturated heterocycles. The fraction of sp³-hybridized carbons (Fsp3) is 0.643. The van der Waals surface area contributed by atoms with Gasteiger partial charge in [-0.1, -0.05) is 81.1 Å². The molecule has 3 aliphatic heterocycles. The molecule has 6 rings (SSSR count). The number of imidazole rings is 1. The van der Waals surface area contributed by atoms with Crippen LogP contribution in [-0.4, -0.2) is 207 Å². The number of ether oxygens (including phenoxy) is 3. The number of thioether (sulfide) groups is 1. The average Bonchev–Trinajstić information content (AvgIpc) is 1.61. The van der Waals surface area contributed by atoms with E-state index in [1.165, 1.54) is 26.0 Å². The van der Waals surface area contributed by atoms with Crippen molar-refractivity contribution < 1.29 is 136 Å². The Morgan fingerprint density at radius 2 is 1.68 bits per heavy atom. The Morgan fingerprint density at radius 3 is 2.42 bits per heavy atom. The molecule has 558 valence electrons. The summed E-state index contributed by atoms with van der Waals surface area (Å²) in [5.41, 5.74) is 4.45. The molecule has 39 nitrogen and oxygen atoms in total. The summed E-state index contributed by atoms with van der Waals surface area (Å²) in [7, 11) is -16.6. The Bertz CT molecular complexity index is 3400. The van der Waals surface area contributed by atoms with Gasteiger partial charge in [0.15, 0.2) is 22.8 Å². The van der Waals surface area contributed by atoms with E-state index in [1.54, 1.807) is 24.3 Å². The molecule has 3 aromatic rings. The molecule has 12 unspecified atom stereocenters. The zero-order valence-electron chi connectivity index (χ0n) is 54.3. The molecule has 0 aliphatic carbocycles. The molecule has 1 aromatic carbocycles. The molecule has 12 atom stereocenters. The van der Waals surface area contributed by atoms with Crippen molar-refractivity contribution in [2.45, 2.75) is 165 Å². The molecule has 0 radical (unpaired) electrons. The van der Waals surface area contributed by atoms with Gasteiger partial charge in [-0.2, -0.15) is 4.31 Å². The Labute approximate surface area is 588 Å². The van der Waals surface area contributed by atoms with Gasteiger partial charge < -0.3 is 102 Å². The maximum atomic E-state index is 13.4. The number of amides is 5. The van der Waals surface area contributed by atoms with Crippen LogP contribution in [0.15, 0.2) is 49.1 Å². The molecule has 2 aromatic heterocycles. The topological polar surface area (TPSA) is 585 Å². The van der Waals surface area contributed by atoms with E-state index in [-0.39, 0.29) is 134 Å². The number of unbranched alkanes of at least 4 members (excludes halogenated alkanes) is 5. The number of carbonyl (C=O) groups is 7. The summed E-state index contributed by atoms with van der Waals surface area (Å²) in [6.45, 7) is -0.558. The van der Waals surface area contributed by atoms with Crippen LogP contribution in [0.25, 0.3) is 11.2 Å². The van der Waals surface area contributed by atoms with Gasteiger partial charge in [0.05, 0.1) is 32.6 Å². The van der Waals surface area contributed by atoms with Crippen LogP contribution >= 0.6 is 35.2 Å².